The first-order valence-corrected chi connectivity index (χ1v) is 4.65. The molecule has 0 aliphatic rings. The van der Waals surface area contributed by atoms with Gasteiger partial charge in [0.15, 0.2) is 0 Å². The number of aliphatic hydroxyl groups excluding tert-OH is 1. The fourth-order valence-corrected chi connectivity index (χ4v) is 0.931. The van der Waals surface area contributed by atoms with Gasteiger partial charge in [0, 0.05) is 26.6 Å². The highest BCUT2D eigenvalue weighted by Gasteiger charge is 2.07. The van der Waals surface area contributed by atoms with Crippen LogP contribution in [0.2, 0.25) is 0 Å². The zero-order valence-electron chi connectivity index (χ0n) is 8.78. The van der Waals surface area contributed by atoms with E-state index in [1.54, 1.807) is 7.11 Å². The molecule has 0 aliphatic heterocycles. The van der Waals surface area contributed by atoms with Gasteiger partial charge in [-0.25, -0.2) is 0 Å². The molecule has 0 saturated carbocycles. The lowest BCUT2D eigenvalue weighted by molar-refractivity contribution is -0.141. The molecule has 0 spiro atoms. The molecule has 14 heavy (non-hydrogen) atoms. The lowest BCUT2D eigenvalue weighted by atomic mass is 10.2. The lowest BCUT2D eigenvalue weighted by Crippen LogP contribution is -2.29. The molecule has 0 bridgehead atoms. The Balaban J connectivity index is 3.27. The monoisotopic (exact) mass is 205 g/mol. The number of esters is 1. The minimum atomic E-state index is -0.508. The van der Waals surface area contributed by atoms with Crippen LogP contribution < -0.4 is 5.32 Å². The van der Waals surface area contributed by atoms with E-state index in [-0.39, 0.29) is 12.4 Å². The smallest absolute Gasteiger partial charge is 0.305 e. The molecule has 0 heterocycles. The van der Waals surface area contributed by atoms with Crippen LogP contribution in [0, 0.1) is 0 Å². The van der Waals surface area contributed by atoms with Crippen molar-refractivity contribution in [3.8, 4) is 0 Å². The minimum absolute atomic E-state index is 0.254. The molecule has 0 fully saturated rings. The largest absolute Gasteiger partial charge is 0.469 e. The molecule has 84 valence electrons. The topological polar surface area (TPSA) is 67.8 Å². The van der Waals surface area contributed by atoms with Gasteiger partial charge in [-0.3, -0.25) is 4.79 Å². The number of hydrogen-bond acceptors (Lipinski definition) is 5. The second kappa shape index (κ2) is 8.93. The highest BCUT2D eigenvalue weighted by molar-refractivity contribution is 5.69. The summed E-state index contributed by atoms with van der Waals surface area (Å²) in [5.74, 6) is -0.291. The van der Waals surface area contributed by atoms with Crippen molar-refractivity contribution in [3.05, 3.63) is 0 Å². The predicted molar refractivity (Wildman–Crippen MR) is 52.0 cm³/mol. The first-order chi connectivity index (χ1) is 6.70. The molecule has 0 aromatic heterocycles. The maximum absolute atomic E-state index is 10.7. The van der Waals surface area contributed by atoms with Gasteiger partial charge in [-0.2, -0.15) is 0 Å². The van der Waals surface area contributed by atoms with Crippen molar-refractivity contribution >= 4 is 5.97 Å². The molecule has 2 N–H and O–H groups in total. The van der Waals surface area contributed by atoms with Gasteiger partial charge in [0.2, 0.25) is 0 Å². The molecule has 0 rings (SSSR count). The summed E-state index contributed by atoms with van der Waals surface area (Å²) >= 11 is 0. The second-order valence-electron chi connectivity index (χ2n) is 2.97. The quantitative estimate of drug-likeness (QED) is 0.414. The third-order valence-corrected chi connectivity index (χ3v) is 1.77. The van der Waals surface area contributed by atoms with Crippen LogP contribution in [0.1, 0.15) is 12.8 Å². The maximum atomic E-state index is 10.7. The summed E-state index contributed by atoms with van der Waals surface area (Å²) in [6, 6.07) is 0. The fraction of sp³-hybridized carbons (Fsp3) is 0.889. The van der Waals surface area contributed by atoms with E-state index in [2.05, 4.69) is 10.1 Å². The van der Waals surface area contributed by atoms with Crippen molar-refractivity contribution in [3.63, 3.8) is 0 Å². The Hall–Kier alpha value is -0.650. The molecule has 5 nitrogen and oxygen atoms in total. The van der Waals surface area contributed by atoms with Crippen LogP contribution in [-0.4, -0.2) is 51.1 Å². The Morgan fingerprint density at radius 1 is 1.50 bits per heavy atom. The Morgan fingerprint density at radius 3 is 2.79 bits per heavy atom. The standard InChI is InChI=1S/C9H19NO4/c1-13-6-5-10-7-8(11)3-4-9(12)14-2/h8,10-11H,3-7H2,1-2H3. The average Bonchev–Trinajstić information content (AvgIpc) is 2.21. The lowest BCUT2D eigenvalue weighted by Gasteiger charge is -2.10. The molecule has 5 heteroatoms. The van der Waals surface area contributed by atoms with Crippen LogP contribution >= 0.6 is 0 Å². The first kappa shape index (κ1) is 13.4. The highest BCUT2D eigenvalue weighted by Crippen LogP contribution is 1.97. The van der Waals surface area contributed by atoms with Gasteiger partial charge < -0.3 is 19.9 Å². The minimum Gasteiger partial charge on any atom is -0.469 e. The first-order valence-electron chi connectivity index (χ1n) is 4.65. The Labute approximate surface area is 84.4 Å². The zero-order chi connectivity index (χ0) is 10.8. The van der Waals surface area contributed by atoms with Crippen LogP contribution in [0.5, 0.6) is 0 Å². The summed E-state index contributed by atoms with van der Waals surface area (Å²) in [7, 11) is 2.96. The molecule has 0 amide bonds. The van der Waals surface area contributed by atoms with Crippen molar-refractivity contribution in [1.29, 1.82) is 0 Å². The van der Waals surface area contributed by atoms with Crippen molar-refractivity contribution in [1.82, 2.24) is 5.32 Å². The van der Waals surface area contributed by atoms with Gasteiger partial charge in [-0.1, -0.05) is 0 Å². The molecular formula is C9H19NO4. The number of aliphatic hydroxyl groups is 1. The summed E-state index contributed by atoms with van der Waals surface area (Å²) < 4.78 is 9.27. The third kappa shape index (κ3) is 7.97. The van der Waals surface area contributed by atoms with E-state index in [9.17, 15) is 9.90 Å². The van der Waals surface area contributed by atoms with Crippen molar-refractivity contribution < 1.29 is 19.4 Å². The van der Waals surface area contributed by atoms with E-state index in [0.29, 0.717) is 26.1 Å². The molecule has 1 atom stereocenters. The molecule has 1 unspecified atom stereocenters. The van der Waals surface area contributed by atoms with E-state index < -0.39 is 6.10 Å². The number of nitrogens with one attached hydrogen (secondary N) is 1. The average molecular weight is 205 g/mol. The van der Waals surface area contributed by atoms with Gasteiger partial charge in [0.25, 0.3) is 0 Å². The molecule has 0 aromatic rings. The van der Waals surface area contributed by atoms with Gasteiger partial charge >= 0.3 is 5.97 Å². The number of ether oxygens (including phenoxy) is 2. The van der Waals surface area contributed by atoms with Crippen molar-refractivity contribution in [2.45, 2.75) is 18.9 Å². The van der Waals surface area contributed by atoms with Crippen molar-refractivity contribution in [2.24, 2.45) is 0 Å². The van der Waals surface area contributed by atoms with Crippen LogP contribution in [0.4, 0.5) is 0 Å². The SMILES string of the molecule is COCCNCC(O)CCC(=O)OC. The van der Waals surface area contributed by atoms with Crippen molar-refractivity contribution in [2.75, 3.05) is 33.9 Å². The van der Waals surface area contributed by atoms with Gasteiger partial charge in [0.1, 0.15) is 0 Å². The Bertz CT molecular complexity index is 152. The van der Waals surface area contributed by atoms with E-state index >= 15 is 0 Å². The van der Waals surface area contributed by atoms with Gasteiger partial charge in [-0.05, 0) is 6.42 Å². The van der Waals surface area contributed by atoms with Gasteiger partial charge in [0.05, 0.1) is 19.8 Å². The fourth-order valence-electron chi connectivity index (χ4n) is 0.931. The van der Waals surface area contributed by atoms with Crippen LogP contribution in [0.15, 0.2) is 0 Å². The van der Waals surface area contributed by atoms with Gasteiger partial charge in [-0.15, -0.1) is 0 Å². The summed E-state index contributed by atoms with van der Waals surface area (Å²) in [6.07, 6.45) is 0.168. The third-order valence-electron chi connectivity index (χ3n) is 1.77. The number of rotatable bonds is 8. The molecule has 0 aliphatic carbocycles. The maximum Gasteiger partial charge on any atom is 0.305 e. The van der Waals surface area contributed by atoms with Crippen LogP contribution in [-0.2, 0) is 14.3 Å². The Morgan fingerprint density at radius 2 is 2.21 bits per heavy atom. The molecule has 0 aromatic carbocycles. The van der Waals surface area contributed by atoms with E-state index in [0.717, 1.165) is 0 Å². The molecule has 0 saturated heterocycles. The van der Waals surface area contributed by atoms with Crippen LogP contribution in [0.3, 0.4) is 0 Å². The normalized spacial score (nSPS) is 12.5. The number of carbonyl (C=O) groups excluding carboxylic acids is 1. The predicted octanol–water partition coefficient (Wildman–Crippen LogP) is -0.463. The number of carbonyl (C=O) groups is 1. The van der Waals surface area contributed by atoms with E-state index in [4.69, 9.17) is 4.74 Å². The van der Waals surface area contributed by atoms with E-state index in [1.165, 1.54) is 7.11 Å². The van der Waals surface area contributed by atoms with E-state index in [1.807, 2.05) is 0 Å². The second-order valence-corrected chi connectivity index (χ2v) is 2.97. The Kier molecular flexibility index (Phi) is 8.51. The summed E-state index contributed by atoms with van der Waals surface area (Å²) in [5, 5.41) is 12.4. The molecule has 0 radical (unpaired) electrons. The summed E-state index contributed by atoms with van der Waals surface area (Å²) in [6.45, 7) is 1.79. The van der Waals surface area contributed by atoms with Crippen LogP contribution in [0.25, 0.3) is 0 Å². The summed E-state index contributed by atoms with van der Waals surface area (Å²) in [5.41, 5.74) is 0. The summed E-state index contributed by atoms with van der Waals surface area (Å²) in [4.78, 5) is 10.7. The highest BCUT2D eigenvalue weighted by atomic mass is 16.5. The molecular weight excluding hydrogens is 186 g/mol. The number of methoxy groups -OCH3 is 2. The number of hydrogen-bond donors (Lipinski definition) is 2. The zero-order valence-corrected chi connectivity index (χ0v) is 8.78.